The minimum atomic E-state index is -0.174. The molecular formula is C18H23N5O2S2. The second kappa shape index (κ2) is 8.81. The first-order valence-corrected chi connectivity index (χ1v) is 10.5. The number of anilines is 1. The van der Waals surface area contributed by atoms with Crippen molar-refractivity contribution < 1.29 is 5.11 Å². The number of H-pyrrole nitrogens is 1. The lowest BCUT2D eigenvalue weighted by atomic mass is 10.0. The highest BCUT2D eigenvalue weighted by molar-refractivity contribution is 7.99. The Labute approximate surface area is 165 Å². The highest BCUT2D eigenvalue weighted by Crippen LogP contribution is 2.34. The second-order valence-electron chi connectivity index (χ2n) is 6.72. The largest absolute Gasteiger partial charge is 0.394 e. The van der Waals surface area contributed by atoms with E-state index in [-0.39, 0.29) is 22.8 Å². The van der Waals surface area contributed by atoms with Crippen LogP contribution in [0.2, 0.25) is 0 Å². The summed E-state index contributed by atoms with van der Waals surface area (Å²) in [5.74, 6) is 1.01. The first-order chi connectivity index (χ1) is 13.0. The zero-order valence-electron chi connectivity index (χ0n) is 15.5. The molecule has 2 atom stereocenters. The molecule has 3 aromatic rings. The Morgan fingerprint density at radius 2 is 2.11 bits per heavy atom. The number of aromatic nitrogens is 4. The molecule has 3 rings (SSSR count). The fraction of sp³-hybridized carbons (Fsp3) is 0.444. The van der Waals surface area contributed by atoms with Crippen molar-refractivity contribution in [2.24, 2.45) is 5.92 Å². The predicted molar refractivity (Wildman–Crippen MR) is 110 cm³/mol. The van der Waals surface area contributed by atoms with E-state index in [4.69, 9.17) is 0 Å². The number of pyridine rings is 1. The summed E-state index contributed by atoms with van der Waals surface area (Å²) in [5.41, 5.74) is 1.45. The maximum Gasteiger partial charge on any atom is 0.306 e. The van der Waals surface area contributed by atoms with Crippen LogP contribution in [0.1, 0.15) is 38.1 Å². The summed E-state index contributed by atoms with van der Waals surface area (Å²) in [6.45, 7) is 6.24. The molecule has 0 saturated heterocycles. The highest BCUT2D eigenvalue weighted by Gasteiger charge is 2.18. The molecule has 0 radical (unpaired) electrons. The van der Waals surface area contributed by atoms with Crippen LogP contribution in [-0.4, -0.2) is 37.7 Å². The van der Waals surface area contributed by atoms with Crippen LogP contribution >= 0.6 is 23.1 Å². The van der Waals surface area contributed by atoms with Gasteiger partial charge in [-0.3, -0.25) is 14.8 Å². The quantitative estimate of drug-likeness (QED) is 0.389. The fourth-order valence-corrected chi connectivity index (χ4v) is 4.35. The Hall–Kier alpha value is -1.97. The van der Waals surface area contributed by atoms with Gasteiger partial charge in [-0.1, -0.05) is 43.0 Å². The summed E-state index contributed by atoms with van der Waals surface area (Å²) in [7, 11) is 0. The zero-order valence-corrected chi connectivity index (χ0v) is 17.1. The average Bonchev–Trinajstić information content (AvgIpc) is 3.02. The molecule has 3 aromatic heterocycles. The molecule has 0 fully saturated rings. The van der Waals surface area contributed by atoms with E-state index in [0.29, 0.717) is 27.2 Å². The highest BCUT2D eigenvalue weighted by atomic mass is 32.2. The Kier molecular flexibility index (Phi) is 6.46. The lowest BCUT2D eigenvalue weighted by Gasteiger charge is -2.19. The van der Waals surface area contributed by atoms with Crippen molar-refractivity contribution >= 4 is 39.3 Å². The lowest BCUT2D eigenvalue weighted by molar-refractivity contribution is 0.259. The predicted octanol–water partition coefficient (Wildman–Crippen LogP) is 3.45. The van der Waals surface area contributed by atoms with Gasteiger partial charge in [0.2, 0.25) is 0 Å². The molecule has 0 spiro atoms. The van der Waals surface area contributed by atoms with E-state index in [1.165, 1.54) is 11.8 Å². The van der Waals surface area contributed by atoms with Crippen molar-refractivity contribution in [2.45, 2.75) is 43.6 Å². The van der Waals surface area contributed by atoms with E-state index in [1.807, 2.05) is 25.1 Å². The van der Waals surface area contributed by atoms with Crippen molar-refractivity contribution in [1.82, 2.24) is 19.9 Å². The van der Waals surface area contributed by atoms with Gasteiger partial charge in [0, 0.05) is 6.20 Å². The van der Waals surface area contributed by atoms with Crippen LogP contribution in [0.5, 0.6) is 0 Å². The number of aliphatic hydroxyl groups is 1. The minimum Gasteiger partial charge on any atom is -0.394 e. The third-order valence-electron chi connectivity index (χ3n) is 3.96. The molecule has 0 aromatic carbocycles. The number of thioether (sulfide) groups is 1. The third kappa shape index (κ3) is 5.06. The third-order valence-corrected chi connectivity index (χ3v) is 5.83. The number of aromatic amines is 1. The van der Waals surface area contributed by atoms with E-state index in [2.05, 4.69) is 39.1 Å². The van der Waals surface area contributed by atoms with Gasteiger partial charge in [0.15, 0.2) is 16.6 Å². The van der Waals surface area contributed by atoms with Crippen molar-refractivity contribution in [3.05, 3.63) is 39.8 Å². The van der Waals surface area contributed by atoms with Crippen LogP contribution < -0.4 is 10.2 Å². The Bertz CT molecular complexity index is 942. The van der Waals surface area contributed by atoms with Crippen molar-refractivity contribution in [2.75, 3.05) is 11.9 Å². The number of thiazole rings is 1. The molecule has 0 bridgehead atoms. The van der Waals surface area contributed by atoms with Crippen LogP contribution in [0.25, 0.3) is 10.3 Å². The smallest absolute Gasteiger partial charge is 0.306 e. The van der Waals surface area contributed by atoms with Crippen LogP contribution in [-0.2, 0) is 0 Å². The Morgan fingerprint density at radius 1 is 1.30 bits per heavy atom. The summed E-state index contributed by atoms with van der Waals surface area (Å²) in [6, 6.07) is 5.66. The summed E-state index contributed by atoms with van der Waals surface area (Å²) < 4.78 is 0.678. The van der Waals surface area contributed by atoms with Crippen LogP contribution in [0, 0.1) is 5.92 Å². The number of rotatable bonds is 8. The molecule has 7 nitrogen and oxygen atoms in total. The number of nitrogens with zero attached hydrogens (tertiary/aromatic N) is 3. The van der Waals surface area contributed by atoms with Crippen LogP contribution in [0.3, 0.4) is 0 Å². The van der Waals surface area contributed by atoms with Crippen molar-refractivity contribution in [3.8, 4) is 0 Å². The van der Waals surface area contributed by atoms with Gasteiger partial charge >= 0.3 is 4.87 Å². The first kappa shape index (κ1) is 19.8. The molecule has 0 aliphatic rings. The number of fused-ring (bicyclic) bond motifs is 1. The monoisotopic (exact) mass is 405 g/mol. The van der Waals surface area contributed by atoms with Gasteiger partial charge in [-0.05, 0) is 31.4 Å². The topological polar surface area (TPSA) is 104 Å². The van der Waals surface area contributed by atoms with E-state index in [1.54, 1.807) is 6.20 Å². The molecule has 9 heteroatoms. The molecule has 0 saturated carbocycles. The molecule has 3 heterocycles. The Balaban J connectivity index is 1.91. The number of nitrogens with one attached hydrogen (secondary N) is 2. The van der Waals surface area contributed by atoms with Crippen LogP contribution in [0.15, 0.2) is 34.3 Å². The number of hydrogen-bond acceptors (Lipinski definition) is 8. The van der Waals surface area contributed by atoms with Crippen LogP contribution in [0.4, 0.5) is 5.82 Å². The summed E-state index contributed by atoms with van der Waals surface area (Å²) in [5, 5.41) is 13.6. The standard InChI is InChI=1S/C18H23N5O2S2/c1-10(2)8-12(9-24)20-15-14-16(23-18(25)27-14)22-17(21-15)26-11(3)13-6-4-5-7-19-13/h4-7,10-12,24H,8-9H2,1-3H3,(H2,20,21,22,23,25). The van der Waals surface area contributed by atoms with Gasteiger partial charge in [-0.15, -0.1) is 0 Å². The summed E-state index contributed by atoms with van der Waals surface area (Å²) in [4.78, 5) is 27.9. The van der Waals surface area contributed by atoms with Gasteiger partial charge in [0.25, 0.3) is 0 Å². The molecule has 3 N–H and O–H groups in total. The Morgan fingerprint density at radius 3 is 2.78 bits per heavy atom. The molecule has 2 unspecified atom stereocenters. The normalized spacial score (nSPS) is 13.8. The van der Waals surface area contributed by atoms with E-state index in [0.717, 1.165) is 23.5 Å². The van der Waals surface area contributed by atoms with E-state index in [9.17, 15) is 9.90 Å². The SMILES string of the molecule is CC(C)CC(CO)Nc1nc(SC(C)c2ccccn2)nc2[nH]c(=O)sc12. The molecular weight excluding hydrogens is 382 g/mol. The summed E-state index contributed by atoms with van der Waals surface area (Å²) >= 11 is 2.55. The molecule has 0 amide bonds. The van der Waals surface area contributed by atoms with Gasteiger partial charge in [-0.25, -0.2) is 9.97 Å². The lowest BCUT2D eigenvalue weighted by Crippen LogP contribution is -2.26. The van der Waals surface area contributed by atoms with E-state index < -0.39 is 0 Å². The molecule has 0 aliphatic carbocycles. The van der Waals surface area contributed by atoms with E-state index >= 15 is 0 Å². The average molecular weight is 406 g/mol. The number of aliphatic hydroxyl groups excluding tert-OH is 1. The minimum absolute atomic E-state index is 0.00415. The van der Waals surface area contributed by atoms with Gasteiger partial charge in [0.1, 0.15) is 4.70 Å². The van der Waals surface area contributed by atoms with Gasteiger partial charge < -0.3 is 10.4 Å². The first-order valence-electron chi connectivity index (χ1n) is 8.82. The van der Waals surface area contributed by atoms with Gasteiger partial charge in [-0.2, -0.15) is 0 Å². The molecule has 27 heavy (non-hydrogen) atoms. The second-order valence-corrected chi connectivity index (χ2v) is 9.01. The molecule has 0 aliphatic heterocycles. The van der Waals surface area contributed by atoms with Gasteiger partial charge in [0.05, 0.1) is 23.6 Å². The maximum atomic E-state index is 11.8. The van der Waals surface area contributed by atoms with Crippen molar-refractivity contribution in [3.63, 3.8) is 0 Å². The number of hydrogen-bond donors (Lipinski definition) is 3. The zero-order chi connectivity index (χ0) is 19.4. The summed E-state index contributed by atoms with van der Waals surface area (Å²) in [6.07, 6.45) is 2.56. The van der Waals surface area contributed by atoms with Crippen molar-refractivity contribution in [1.29, 1.82) is 0 Å². The maximum absolute atomic E-state index is 11.8. The molecule has 144 valence electrons. The fourth-order valence-electron chi connectivity index (χ4n) is 2.75.